The van der Waals surface area contributed by atoms with Crippen molar-refractivity contribution in [3.8, 4) is 0 Å². The summed E-state index contributed by atoms with van der Waals surface area (Å²) < 4.78 is 48.0. The molecule has 1 rings (SSSR count). The summed E-state index contributed by atoms with van der Waals surface area (Å²) in [5, 5.41) is 3.19. The number of hydrogen-bond acceptors (Lipinski definition) is 1. The minimum absolute atomic E-state index is 0.326. The molecule has 1 fully saturated rings. The van der Waals surface area contributed by atoms with Gasteiger partial charge < -0.3 is 5.32 Å². The van der Waals surface area contributed by atoms with E-state index in [0.717, 1.165) is 25.9 Å². The van der Waals surface area contributed by atoms with E-state index in [9.17, 15) is 17.6 Å². The summed E-state index contributed by atoms with van der Waals surface area (Å²) in [6, 6.07) is 0. The van der Waals surface area contributed by atoms with Crippen molar-refractivity contribution in [3.05, 3.63) is 0 Å². The largest absolute Gasteiger partial charge is 0.419 e. The molecule has 0 amide bonds. The molecule has 0 aromatic carbocycles. The predicted octanol–water partition coefficient (Wildman–Crippen LogP) is 3.06. The van der Waals surface area contributed by atoms with E-state index in [1.807, 2.05) is 0 Å². The van der Waals surface area contributed by atoms with Crippen molar-refractivity contribution in [2.75, 3.05) is 13.1 Å². The van der Waals surface area contributed by atoms with Gasteiger partial charge >= 0.3 is 6.18 Å². The molecule has 5 heteroatoms. The third kappa shape index (κ3) is 4.82. The van der Waals surface area contributed by atoms with Crippen LogP contribution in [0, 0.1) is 5.92 Å². The van der Waals surface area contributed by atoms with Gasteiger partial charge in [0.15, 0.2) is 6.17 Å². The number of alkyl halides is 4. The molecule has 1 aliphatic rings. The molecule has 0 aromatic rings. The molecule has 1 nitrogen and oxygen atoms in total. The Labute approximate surface area is 87.2 Å². The fourth-order valence-corrected chi connectivity index (χ4v) is 1.92. The van der Waals surface area contributed by atoms with Crippen molar-refractivity contribution in [1.29, 1.82) is 0 Å². The minimum atomic E-state index is -4.68. The van der Waals surface area contributed by atoms with Crippen LogP contribution in [0.15, 0.2) is 0 Å². The molecule has 1 aliphatic heterocycles. The van der Waals surface area contributed by atoms with Crippen LogP contribution < -0.4 is 5.32 Å². The topological polar surface area (TPSA) is 12.0 Å². The van der Waals surface area contributed by atoms with Gasteiger partial charge in [-0.3, -0.25) is 0 Å². The highest BCUT2D eigenvalue weighted by atomic mass is 19.4. The molecule has 1 N–H and O–H groups in total. The molecule has 0 aliphatic carbocycles. The molecule has 1 saturated heterocycles. The fourth-order valence-electron chi connectivity index (χ4n) is 1.92. The van der Waals surface area contributed by atoms with Crippen LogP contribution in [0.5, 0.6) is 0 Å². The second-order valence-electron chi connectivity index (χ2n) is 4.15. The van der Waals surface area contributed by atoms with E-state index in [4.69, 9.17) is 0 Å². The first-order valence-electron chi connectivity index (χ1n) is 5.41. The Balaban J connectivity index is 2.10. The molecule has 0 radical (unpaired) electrons. The summed E-state index contributed by atoms with van der Waals surface area (Å²) in [5.41, 5.74) is 0. The SMILES string of the molecule is FC(CCCC1CCCNC1)C(F)(F)F. The zero-order valence-electron chi connectivity index (χ0n) is 8.62. The van der Waals surface area contributed by atoms with Gasteiger partial charge in [-0.15, -0.1) is 0 Å². The summed E-state index contributed by atoms with van der Waals surface area (Å²) in [7, 11) is 0. The molecule has 0 aromatic heterocycles. The van der Waals surface area contributed by atoms with Gasteiger partial charge in [0.05, 0.1) is 0 Å². The highest BCUT2D eigenvalue weighted by molar-refractivity contribution is 4.71. The summed E-state index contributed by atoms with van der Waals surface area (Å²) in [6.45, 7) is 1.85. The Bertz CT molecular complexity index is 175. The second kappa shape index (κ2) is 5.68. The Morgan fingerprint density at radius 1 is 1.33 bits per heavy atom. The van der Waals surface area contributed by atoms with Crippen LogP contribution in [0.2, 0.25) is 0 Å². The van der Waals surface area contributed by atoms with Gasteiger partial charge in [-0.05, 0) is 51.1 Å². The number of rotatable bonds is 4. The number of hydrogen-bond donors (Lipinski definition) is 1. The molecule has 90 valence electrons. The van der Waals surface area contributed by atoms with Gasteiger partial charge in [0, 0.05) is 0 Å². The van der Waals surface area contributed by atoms with Crippen molar-refractivity contribution in [1.82, 2.24) is 5.32 Å². The third-order valence-corrected chi connectivity index (χ3v) is 2.82. The van der Waals surface area contributed by atoms with E-state index >= 15 is 0 Å². The van der Waals surface area contributed by atoms with Gasteiger partial charge in [-0.2, -0.15) is 13.2 Å². The Hall–Kier alpha value is -0.320. The zero-order chi connectivity index (χ0) is 11.3. The smallest absolute Gasteiger partial charge is 0.316 e. The lowest BCUT2D eigenvalue weighted by Crippen LogP contribution is -2.30. The molecular weight excluding hydrogens is 210 g/mol. The summed E-state index contributed by atoms with van der Waals surface area (Å²) >= 11 is 0. The lowest BCUT2D eigenvalue weighted by molar-refractivity contribution is -0.182. The van der Waals surface area contributed by atoms with E-state index in [-0.39, 0.29) is 6.42 Å². The maximum Gasteiger partial charge on any atom is 0.419 e. The Morgan fingerprint density at radius 2 is 2.07 bits per heavy atom. The van der Waals surface area contributed by atoms with Crippen LogP contribution in [0.1, 0.15) is 32.1 Å². The molecule has 1 heterocycles. The first-order valence-corrected chi connectivity index (χ1v) is 5.41. The van der Waals surface area contributed by atoms with E-state index in [0.29, 0.717) is 18.8 Å². The first kappa shape index (κ1) is 12.7. The van der Waals surface area contributed by atoms with Crippen molar-refractivity contribution in [2.45, 2.75) is 44.5 Å². The lowest BCUT2D eigenvalue weighted by Gasteiger charge is -2.22. The summed E-state index contributed by atoms with van der Waals surface area (Å²) in [4.78, 5) is 0. The first-order chi connectivity index (χ1) is 7.00. The maximum atomic E-state index is 12.5. The normalized spacial score (nSPS) is 25.2. The van der Waals surface area contributed by atoms with Crippen molar-refractivity contribution >= 4 is 0 Å². The van der Waals surface area contributed by atoms with Crippen LogP contribution >= 0.6 is 0 Å². The summed E-state index contributed by atoms with van der Waals surface area (Å²) in [6.07, 6.45) is -4.56. The van der Waals surface area contributed by atoms with E-state index < -0.39 is 12.3 Å². The number of halogens is 4. The minimum Gasteiger partial charge on any atom is -0.316 e. The van der Waals surface area contributed by atoms with Gasteiger partial charge in [-0.25, -0.2) is 4.39 Å². The molecule has 2 atom stereocenters. The molecule has 2 unspecified atom stereocenters. The summed E-state index contributed by atoms with van der Waals surface area (Å²) in [5.74, 6) is 0.430. The van der Waals surface area contributed by atoms with Crippen molar-refractivity contribution < 1.29 is 17.6 Å². The van der Waals surface area contributed by atoms with Crippen LogP contribution in [0.3, 0.4) is 0 Å². The Morgan fingerprint density at radius 3 is 2.60 bits per heavy atom. The second-order valence-corrected chi connectivity index (χ2v) is 4.15. The molecule has 0 bridgehead atoms. The quantitative estimate of drug-likeness (QED) is 0.728. The lowest BCUT2D eigenvalue weighted by atomic mass is 9.93. The van der Waals surface area contributed by atoms with Gasteiger partial charge in [0.2, 0.25) is 0 Å². The maximum absolute atomic E-state index is 12.5. The fraction of sp³-hybridized carbons (Fsp3) is 1.00. The molecule has 0 spiro atoms. The highest BCUT2D eigenvalue weighted by Gasteiger charge is 2.39. The number of nitrogens with one attached hydrogen (secondary N) is 1. The van der Waals surface area contributed by atoms with E-state index in [1.165, 1.54) is 0 Å². The monoisotopic (exact) mass is 227 g/mol. The molecule has 15 heavy (non-hydrogen) atoms. The van der Waals surface area contributed by atoms with Gasteiger partial charge in [-0.1, -0.05) is 0 Å². The van der Waals surface area contributed by atoms with Crippen molar-refractivity contribution in [2.24, 2.45) is 5.92 Å². The number of piperidine rings is 1. The van der Waals surface area contributed by atoms with Crippen LogP contribution in [-0.2, 0) is 0 Å². The van der Waals surface area contributed by atoms with Crippen LogP contribution in [0.25, 0.3) is 0 Å². The van der Waals surface area contributed by atoms with Crippen LogP contribution in [-0.4, -0.2) is 25.4 Å². The molecule has 0 saturated carbocycles. The van der Waals surface area contributed by atoms with E-state index in [2.05, 4.69) is 5.32 Å². The van der Waals surface area contributed by atoms with Gasteiger partial charge in [0.25, 0.3) is 0 Å². The molecular formula is C10H17F4N. The third-order valence-electron chi connectivity index (χ3n) is 2.82. The Kier molecular flexibility index (Phi) is 4.83. The van der Waals surface area contributed by atoms with Crippen molar-refractivity contribution in [3.63, 3.8) is 0 Å². The highest BCUT2D eigenvalue weighted by Crippen LogP contribution is 2.27. The zero-order valence-corrected chi connectivity index (χ0v) is 8.62. The van der Waals surface area contributed by atoms with Crippen LogP contribution in [0.4, 0.5) is 17.6 Å². The average Bonchev–Trinajstić information content (AvgIpc) is 2.18. The standard InChI is InChI=1S/C10H17F4N/c11-9(10(12,13)14)5-1-3-8-4-2-6-15-7-8/h8-9,15H,1-7H2. The predicted molar refractivity (Wildman–Crippen MR) is 50.4 cm³/mol. The van der Waals surface area contributed by atoms with Gasteiger partial charge in [0.1, 0.15) is 0 Å². The van der Waals surface area contributed by atoms with E-state index in [1.54, 1.807) is 0 Å². The average molecular weight is 227 g/mol.